The van der Waals surface area contributed by atoms with Crippen molar-refractivity contribution in [3.05, 3.63) is 12.2 Å². The summed E-state index contributed by atoms with van der Waals surface area (Å²) in [6, 6.07) is 1.15. The summed E-state index contributed by atoms with van der Waals surface area (Å²) in [6.45, 7) is 10.6. The van der Waals surface area contributed by atoms with Gasteiger partial charge in [-0.05, 0) is 26.7 Å². The normalized spacial score (nSPS) is 17.7. The lowest BCUT2D eigenvalue weighted by atomic mass is 10.0. The minimum absolute atomic E-state index is 0.511. The molecule has 0 aromatic carbocycles. The molecule has 1 aromatic rings. The highest BCUT2D eigenvalue weighted by molar-refractivity contribution is 5.79. The topological polar surface area (TPSA) is 70.4 Å². The Bertz CT molecular complexity index is 486. The van der Waals surface area contributed by atoms with Crippen LogP contribution in [0.5, 0.6) is 0 Å². The number of nitrogens with one attached hydrogen (secondary N) is 2. The summed E-state index contributed by atoms with van der Waals surface area (Å²) in [5.74, 6) is 1.91. The van der Waals surface area contributed by atoms with Crippen molar-refractivity contribution in [3.63, 3.8) is 0 Å². The summed E-state index contributed by atoms with van der Waals surface area (Å²) < 4.78 is 2.08. The largest absolute Gasteiger partial charge is 0.355 e. The Labute approximate surface area is 139 Å². The maximum atomic E-state index is 4.34. The smallest absolute Gasteiger partial charge is 0.191 e. The number of nitrogens with zero attached hydrogens (tertiary/aromatic N) is 5. The van der Waals surface area contributed by atoms with Gasteiger partial charge in [-0.1, -0.05) is 6.92 Å². The monoisotopic (exact) mass is 321 g/mol. The molecular formula is C16H31N7. The molecule has 1 aliphatic heterocycles. The van der Waals surface area contributed by atoms with E-state index in [1.165, 1.54) is 12.8 Å². The van der Waals surface area contributed by atoms with Gasteiger partial charge in [0.2, 0.25) is 0 Å². The van der Waals surface area contributed by atoms with Crippen molar-refractivity contribution in [3.8, 4) is 0 Å². The van der Waals surface area contributed by atoms with Crippen molar-refractivity contribution in [2.45, 2.75) is 58.7 Å². The maximum Gasteiger partial charge on any atom is 0.191 e. The van der Waals surface area contributed by atoms with Gasteiger partial charge in [0, 0.05) is 51.7 Å². The van der Waals surface area contributed by atoms with E-state index >= 15 is 0 Å². The van der Waals surface area contributed by atoms with Crippen LogP contribution in [-0.2, 0) is 13.0 Å². The Morgan fingerprint density at radius 3 is 2.74 bits per heavy atom. The summed E-state index contributed by atoms with van der Waals surface area (Å²) in [5.41, 5.74) is 0. The van der Waals surface area contributed by atoms with Crippen LogP contribution in [0.25, 0.3) is 0 Å². The second kappa shape index (κ2) is 8.86. The van der Waals surface area contributed by atoms with Crippen LogP contribution in [-0.4, -0.2) is 64.4 Å². The third-order valence-electron chi connectivity index (χ3n) is 4.48. The molecule has 0 amide bonds. The van der Waals surface area contributed by atoms with E-state index in [2.05, 4.69) is 56.1 Å². The minimum Gasteiger partial charge on any atom is -0.355 e. The van der Waals surface area contributed by atoms with Crippen molar-refractivity contribution in [1.82, 2.24) is 30.3 Å². The van der Waals surface area contributed by atoms with Gasteiger partial charge < -0.3 is 20.1 Å². The van der Waals surface area contributed by atoms with Crippen LogP contribution in [0.4, 0.5) is 0 Å². The summed E-state index contributed by atoms with van der Waals surface area (Å²) in [4.78, 5) is 6.87. The fourth-order valence-electron chi connectivity index (χ4n) is 2.98. The van der Waals surface area contributed by atoms with E-state index < -0.39 is 0 Å². The van der Waals surface area contributed by atoms with Crippen molar-refractivity contribution < 1.29 is 0 Å². The first-order valence-corrected chi connectivity index (χ1v) is 8.72. The highest BCUT2D eigenvalue weighted by atomic mass is 15.3. The Morgan fingerprint density at radius 2 is 2.13 bits per heavy atom. The first kappa shape index (κ1) is 17.7. The van der Waals surface area contributed by atoms with E-state index in [-0.39, 0.29) is 0 Å². The molecule has 0 bridgehead atoms. The highest BCUT2D eigenvalue weighted by Crippen LogP contribution is 2.12. The van der Waals surface area contributed by atoms with Gasteiger partial charge >= 0.3 is 0 Å². The molecule has 130 valence electrons. The Hall–Kier alpha value is -1.63. The molecule has 0 saturated carbocycles. The molecule has 23 heavy (non-hydrogen) atoms. The number of aliphatic imine (C=N–C) groups is 1. The molecule has 0 atom stereocenters. The molecule has 0 unspecified atom stereocenters. The number of hydrogen-bond acceptors (Lipinski definition) is 4. The molecule has 0 spiro atoms. The van der Waals surface area contributed by atoms with Crippen LogP contribution in [0, 0.1) is 0 Å². The van der Waals surface area contributed by atoms with Crippen LogP contribution >= 0.6 is 0 Å². The third-order valence-corrected chi connectivity index (χ3v) is 4.48. The summed E-state index contributed by atoms with van der Waals surface area (Å²) in [6.07, 6.45) is 5.04. The zero-order valence-corrected chi connectivity index (χ0v) is 14.9. The Morgan fingerprint density at radius 1 is 1.39 bits per heavy atom. The number of likely N-dealkylation sites (tertiary alicyclic amines) is 1. The average Bonchev–Trinajstić information content (AvgIpc) is 3.01. The zero-order chi connectivity index (χ0) is 16.7. The number of guanidine groups is 1. The molecule has 0 aliphatic carbocycles. The lowest BCUT2D eigenvalue weighted by Crippen LogP contribution is -2.50. The predicted molar refractivity (Wildman–Crippen MR) is 93.6 cm³/mol. The second-order valence-corrected chi connectivity index (χ2v) is 6.34. The maximum absolute atomic E-state index is 4.34. The zero-order valence-electron chi connectivity index (χ0n) is 14.9. The molecule has 7 heteroatoms. The lowest BCUT2D eigenvalue weighted by Gasteiger charge is -2.35. The second-order valence-electron chi connectivity index (χ2n) is 6.34. The minimum atomic E-state index is 0.511. The van der Waals surface area contributed by atoms with E-state index in [1.807, 2.05) is 7.05 Å². The number of hydrogen-bond donors (Lipinski definition) is 2. The molecule has 1 saturated heterocycles. The summed E-state index contributed by atoms with van der Waals surface area (Å²) in [7, 11) is 1.83. The Kier molecular flexibility index (Phi) is 6.83. The third kappa shape index (κ3) is 5.20. The first-order valence-electron chi connectivity index (χ1n) is 8.72. The molecule has 1 fully saturated rings. The van der Waals surface area contributed by atoms with E-state index in [1.54, 1.807) is 6.33 Å². The van der Waals surface area contributed by atoms with Crippen LogP contribution in [0.2, 0.25) is 0 Å². The van der Waals surface area contributed by atoms with Crippen molar-refractivity contribution in [2.75, 3.05) is 26.7 Å². The molecule has 7 nitrogen and oxygen atoms in total. The highest BCUT2D eigenvalue weighted by Gasteiger charge is 2.21. The number of rotatable bonds is 6. The van der Waals surface area contributed by atoms with Gasteiger partial charge in [0.25, 0.3) is 0 Å². The van der Waals surface area contributed by atoms with E-state index in [4.69, 9.17) is 0 Å². The SMILES string of the molecule is CCc1nncn1CCNC(=NC)NC1CCN(C(C)C)CC1. The van der Waals surface area contributed by atoms with Gasteiger partial charge in [-0.25, -0.2) is 0 Å². The fourth-order valence-corrected chi connectivity index (χ4v) is 2.98. The van der Waals surface area contributed by atoms with E-state index in [0.717, 1.165) is 44.4 Å². The molecule has 1 aromatic heterocycles. The summed E-state index contributed by atoms with van der Waals surface area (Å²) >= 11 is 0. The molecule has 2 heterocycles. The van der Waals surface area contributed by atoms with Crippen LogP contribution in [0.3, 0.4) is 0 Å². The van der Waals surface area contributed by atoms with Crippen LogP contribution in [0.15, 0.2) is 11.3 Å². The van der Waals surface area contributed by atoms with E-state index in [0.29, 0.717) is 12.1 Å². The van der Waals surface area contributed by atoms with E-state index in [9.17, 15) is 0 Å². The molecule has 2 rings (SSSR count). The molecule has 1 aliphatic rings. The van der Waals surface area contributed by atoms with Crippen molar-refractivity contribution >= 4 is 5.96 Å². The Balaban J connectivity index is 1.72. The van der Waals surface area contributed by atoms with Gasteiger partial charge in [0.05, 0.1) is 0 Å². The fraction of sp³-hybridized carbons (Fsp3) is 0.812. The number of aromatic nitrogens is 3. The van der Waals surface area contributed by atoms with Crippen LogP contribution < -0.4 is 10.6 Å². The van der Waals surface area contributed by atoms with Crippen molar-refractivity contribution in [2.24, 2.45) is 4.99 Å². The molecular weight excluding hydrogens is 290 g/mol. The quantitative estimate of drug-likeness (QED) is 0.601. The number of piperidine rings is 1. The predicted octanol–water partition coefficient (Wildman–Crippen LogP) is 0.878. The molecule has 2 N–H and O–H groups in total. The lowest BCUT2D eigenvalue weighted by molar-refractivity contribution is 0.167. The number of aryl methyl sites for hydroxylation is 1. The standard InChI is InChI=1S/C16H31N7/c1-5-15-21-19-12-23(15)11-8-18-16(17-4)20-14-6-9-22(10-7-14)13(2)3/h12-14H,5-11H2,1-4H3,(H2,17,18,20). The first-order chi connectivity index (χ1) is 11.1. The van der Waals surface area contributed by atoms with Gasteiger partial charge in [-0.15, -0.1) is 10.2 Å². The van der Waals surface area contributed by atoms with Crippen LogP contribution in [0.1, 0.15) is 39.4 Å². The van der Waals surface area contributed by atoms with Gasteiger partial charge in [0.1, 0.15) is 12.2 Å². The van der Waals surface area contributed by atoms with Gasteiger partial charge in [-0.3, -0.25) is 4.99 Å². The van der Waals surface area contributed by atoms with Gasteiger partial charge in [-0.2, -0.15) is 0 Å². The van der Waals surface area contributed by atoms with Crippen molar-refractivity contribution in [1.29, 1.82) is 0 Å². The van der Waals surface area contributed by atoms with Gasteiger partial charge in [0.15, 0.2) is 5.96 Å². The summed E-state index contributed by atoms with van der Waals surface area (Å²) in [5, 5.41) is 15.0. The molecule has 0 radical (unpaired) electrons. The average molecular weight is 321 g/mol.